The van der Waals surface area contributed by atoms with E-state index in [0.717, 1.165) is 50.8 Å². The second-order valence-corrected chi connectivity index (χ2v) is 5.43. The number of guanidine groups is 1. The number of carbonyl (C=O) groups is 1. The molecule has 1 aromatic heterocycles. The minimum Gasteiger partial charge on any atom is -0.469 e. The van der Waals surface area contributed by atoms with Gasteiger partial charge in [0.15, 0.2) is 5.96 Å². The molecule has 7 nitrogen and oxygen atoms in total. The highest BCUT2D eigenvalue weighted by Gasteiger charge is 2.26. The Bertz CT molecular complexity index is 524. The highest BCUT2D eigenvalue weighted by atomic mass is 127. The number of aromatic nitrogens is 2. The maximum Gasteiger partial charge on any atom is 0.308 e. The van der Waals surface area contributed by atoms with Crippen molar-refractivity contribution in [2.24, 2.45) is 10.9 Å². The summed E-state index contributed by atoms with van der Waals surface area (Å²) in [5, 5.41) is 3.37. The molecule has 0 unspecified atom stereocenters. The number of piperidine rings is 1. The summed E-state index contributed by atoms with van der Waals surface area (Å²) >= 11 is 0. The van der Waals surface area contributed by atoms with Gasteiger partial charge in [-0.15, -0.1) is 24.0 Å². The molecule has 1 saturated heterocycles. The summed E-state index contributed by atoms with van der Waals surface area (Å²) in [6.45, 7) is 5.28. The number of aliphatic imine (C=N–C) groups is 1. The van der Waals surface area contributed by atoms with Gasteiger partial charge in [-0.1, -0.05) is 0 Å². The zero-order valence-electron chi connectivity index (χ0n) is 14.0. The van der Waals surface area contributed by atoms with Gasteiger partial charge in [-0.3, -0.25) is 9.79 Å². The topological polar surface area (TPSA) is 71.8 Å². The predicted octanol–water partition coefficient (Wildman–Crippen LogP) is 1.27. The second-order valence-electron chi connectivity index (χ2n) is 5.43. The van der Waals surface area contributed by atoms with Gasteiger partial charge < -0.3 is 19.5 Å². The summed E-state index contributed by atoms with van der Waals surface area (Å²) < 4.78 is 6.92. The van der Waals surface area contributed by atoms with E-state index in [-0.39, 0.29) is 35.9 Å². The summed E-state index contributed by atoms with van der Waals surface area (Å²) in [7, 11) is 3.24. The van der Waals surface area contributed by atoms with Crippen molar-refractivity contribution in [3.05, 3.63) is 18.2 Å². The molecular weight excluding hydrogens is 409 g/mol. The van der Waals surface area contributed by atoms with Crippen LogP contribution in [-0.4, -0.2) is 60.2 Å². The number of hydrogen-bond donors (Lipinski definition) is 1. The lowest BCUT2D eigenvalue weighted by Crippen LogP contribution is -2.47. The standard InChI is InChI=1S/C15H25N5O2.HI/c1-12-17-6-10-19(12)11-7-18-15(16-2)20-8-4-13(5-9-20)14(21)22-3;/h6,10,13H,4-5,7-9,11H2,1-3H3,(H,16,18);1H. The van der Waals surface area contributed by atoms with Crippen LogP contribution in [0.4, 0.5) is 0 Å². The molecule has 2 rings (SSSR count). The minimum absolute atomic E-state index is 0. The van der Waals surface area contributed by atoms with Crippen LogP contribution in [0.1, 0.15) is 18.7 Å². The van der Waals surface area contributed by atoms with E-state index in [2.05, 4.69) is 24.8 Å². The molecule has 8 heteroatoms. The first-order chi connectivity index (χ1) is 10.7. The van der Waals surface area contributed by atoms with Crippen LogP contribution in [0.5, 0.6) is 0 Å². The van der Waals surface area contributed by atoms with Crippen molar-refractivity contribution >= 4 is 35.9 Å². The van der Waals surface area contributed by atoms with Crippen molar-refractivity contribution < 1.29 is 9.53 Å². The Kier molecular flexibility index (Phi) is 8.35. The summed E-state index contributed by atoms with van der Waals surface area (Å²) in [5.41, 5.74) is 0. The normalized spacial score (nSPS) is 16.0. The zero-order valence-corrected chi connectivity index (χ0v) is 16.3. The molecule has 1 aliphatic heterocycles. The number of nitrogens with zero attached hydrogens (tertiary/aromatic N) is 4. The lowest BCUT2D eigenvalue weighted by molar-refractivity contribution is -0.146. The van der Waals surface area contributed by atoms with E-state index in [1.54, 1.807) is 7.05 Å². The number of ether oxygens (including phenoxy) is 1. The second kappa shape index (κ2) is 9.74. The Morgan fingerprint density at radius 3 is 2.70 bits per heavy atom. The molecule has 1 aromatic rings. The maximum atomic E-state index is 11.6. The fourth-order valence-corrected chi connectivity index (χ4v) is 2.75. The van der Waals surface area contributed by atoms with Crippen molar-refractivity contribution in [1.82, 2.24) is 19.8 Å². The van der Waals surface area contributed by atoms with Gasteiger partial charge in [0.2, 0.25) is 0 Å². The van der Waals surface area contributed by atoms with Crippen LogP contribution in [-0.2, 0) is 16.1 Å². The quantitative estimate of drug-likeness (QED) is 0.334. The van der Waals surface area contributed by atoms with E-state index >= 15 is 0 Å². The number of hydrogen-bond acceptors (Lipinski definition) is 4. The van der Waals surface area contributed by atoms with Crippen LogP contribution in [0.15, 0.2) is 17.4 Å². The summed E-state index contributed by atoms with van der Waals surface area (Å²) in [6, 6.07) is 0. The van der Waals surface area contributed by atoms with Gasteiger partial charge in [0.25, 0.3) is 0 Å². The summed E-state index contributed by atoms with van der Waals surface area (Å²) in [4.78, 5) is 22.3. The summed E-state index contributed by atoms with van der Waals surface area (Å²) in [5.74, 6) is 1.82. The largest absolute Gasteiger partial charge is 0.469 e. The molecule has 23 heavy (non-hydrogen) atoms. The average molecular weight is 435 g/mol. The van der Waals surface area contributed by atoms with Crippen LogP contribution >= 0.6 is 24.0 Å². The maximum absolute atomic E-state index is 11.6. The molecule has 0 aromatic carbocycles. The Labute approximate surface area is 154 Å². The first-order valence-corrected chi connectivity index (χ1v) is 7.67. The minimum atomic E-state index is -0.0989. The number of halogens is 1. The van der Waals surface area contributed by atoms with Gasteiger partial charge in [-0.25, -0.2) is 4.98 Å². The Hall–Kier alpha value is -1.32. The van der Waals surface area contributed by atoms with Crippen LogP contribution in [0, 0.1) is 12.8 Å². The molecule has 0 spiro atoms. The van der Waals surface area contributed by atoms with Crippen molar-refractivity contribution in [3.63, 3.8) is 0 Å². The number of methoxy groups -OCH3 is 1. The monoisotopic (exact) mass is 435 g/mol. The van der Waals surface area contributed by atoms with E-state index in [4.69, 9.17) is 4.74 Å². The number of likely N-dealkylation sites (tertiary alicyclic amines) is 1. The predicted molar refractivity (Wildman–Crippen MR) is 100 cm³/mol. The Morgan fingerprint density at radius 1 is 1.48 bits per heavy atom. The van der Waals surface area contributed by atoms with Crippen LogP contribution < -0.4 is 5.32 Å². The Balaban J connectivity index is 0.00000264. The van der Waals surface area contributed by atoms with Gasteiger partial charge in [0, 0.05) is 45.6 Å². The number of nitrogens with one attached hydrogen (secondary N) is 1. The highest BCUT2D eigenvalue weighted by molar-refractivity contribution is 14.0. The first kappa shape index (κ1) is 19.7. The molecule has 0 amide bonds. The van der Waals surface area contributed by atoms with Crippen LogP contribution in [0.25, 0.3) is 0 Å². The van der Waals surface area contributed by atoms with Gasteiger partial charge in [-0.05, 0) is 19.8 Å². The average Bonchev–Trinajstić information content (AvgIpc) is 2.96. The zero-order chi connectivity index (χ0) is 15.9. The molecular formula is C15H26IN5O2. The molecule has 0 atom stereocenters. The molecule has 1 fully saturated rings. The molecule has 130 valence electrons. The van der Waals surface area contributed by atoms with E-state index < -0.39 is 0 Å². The fourth-order valence-electron chi connectivity index (χ4n) is 2.75. The van der Waals surface area contributed by atoms with E-state index in [0.29, 0.717) is 0 Å². The number of carbonyl (C=O) groups excluding carboxylic acids is 1. The number of rotatable bonds is 4. The number of aryl methyl sites for hydroxylation is 1. The van der Waals surface area contributed by atoms with Gasteiger partial charge >= 0.3 is 5.97 Å². The van der Waals surface area contributed by atoms with Crippen LogP contribution in [0.2, 0.25) is 0 Å². The molecule has 1 N–H and O–H groups in total. The molecule has 0 aliphatic carbocycles. The third kappa shape index (κ3) is 5.36. The molecule has 0 radical (unpaired) electrons. The Morgan fingerprint density at radius 2 is 2.17 bits per heavy atom. The molecule has 2 heterocycles. The van der Waals surface area contributed by atoms with E-state index in [1.807, 2.05) is 19.3 Å². The fraction of sp³-hybridized carbons (Fsp3) is 0.667. The lowest BCUT2D eigenvalue weighted by atomic mass is 9.97. The van der Waals surface area contributed by atoms with E-state index in [9.17, 15) is 4.79 Å². The highest BCUT2D eigenvalue weighted by Crippen LogP contribution is 2.18. The van der Waals surface area contributed by atoms with Crippen LogP contribution in [0.3, 0.4) is 0 Å². The summed E-state index contributed by atoms with van der Waals surface area (Å²) in [6.07, 6.45) is 5.41. The van der Waals surface area contributed by atoms with Gasteiger partial charge in [-0.2, -0.15) is 0 Å². The number of esters is 1. The molecule has 1 aliphatic rings. The van der Waals surface area contributed by atoms with Crippen molar-refractivity contribution in [2.45, 2.75) is 26.3 Å². The van der Waals surface area contributed by atoms with Crippen molar-refractivity contribution in [3.8, 4) is 0 Å². The van der Waals surface area contributed by atoms with E-state index in [1.165, 1.54) is 7.11 Å². The first-order valence-electron chi connectivity index (χ1n) is 7.67. The third-order valence-corrected chi connectivity index (χ3v) is 4.10. The third-order valence-electron chi connectivity index (χ3n) is 4.10. The van der Waals surface area contributed by atoms with Gasteiger partial charge in [0.05, 0.1) is 13.0 Å². The van der Waals surface area contributed by atoms with Crippen molar-refractivity contribution in [2.75, 3.05) is 33.8 Å². The SMILES string of the molecule is CN=C(NCCn1ccnc1C)N1CCC(C(=O)OC)CC1.I. The molecule has 0 bridgehead atoms. The lowest BCUT2D eigenvalue weighted by Gasteiger charge is -2.33. The molecule has 0 saturated carbocycles. The van der Waals surface area contributed by atoms with Gasteiger partial charge in [0.1, 0.15) is 5.82 Å². The van der Waals surface area contributed by atoms with Crippen molar-refractivity contribution in [1.29, 1.82) is 0 Å². The number of imidazole rings is 1. The smallest absolute Gasteiger partial charge is 0.308 e.